The van der Waals surface area contributed by atoms with Crippen molar-refractivity contribution >= 4 is 11.6 Å². The van der Waals surface area contributed by atoms with Crippen molar-refractivity contribution in [3.63, 3.8) is 0 Å². The van der Waals surface area contributed by atoms with E-state index in [-0.39, 0.29) is 12.5 Å². The molecule has 0 unspecified atom stereocenters. The first-order valence-corrected chi connectivity index (χ1v) is 8.53. The number of rotatable bonds is 5. The van der Waals surface area contributed by atoms with Gasteiger partial charge in [0.05, 0.1) is 13.2 Å². The van der Waals surface area contributed by atoms with Crippen molar-refractivity contribution in [3.05, 3.63) is 29.8 Å². The number of hydrogen-bond donors (Lipinski definition) is 1. The van der Waals surface area contributed by atoms with Gasteiger partial charge in [-0.3, -0.25) is 9.69 Å². The van der Waals surface area contributed by atoms with Crippen LogP contribution in [0.25, 0.3) is 0 Å². The van der Waals surface area contributed by atoms with Crippen LogP contribution in [0.3, 0.4) is 0 Å². The van der Waals surface area contributed by atoms with Gasteiger partial charge in [0.25, 0.3) is 0 Å². The van der Waals surface area contributed by atoms with E-state index in [1.54, 1.807) is 0 Å². The summed E-state index contributed by atoms with van der Waals surface area (Å²) in [6.45, 7) is 1.95. The molecule has 1 saturated carbocycles. The van der Waals surface area contributed by atoms with Gasteiger partial charge in [-0.05, 0) is 30.9 Å². The van der Waals surface area contributed by atoms with Crippen molar-refractivity contribution in [2.24, 2.45) is 0 Å². The number of amides is 1. The van der Waals surface area contributed by atoms with Gasteiger partial charge in [0.1, 0.15) is 0 Å². The van der Waals surface area contributed by atoms with Crippen molar-refractivity contribution in [2.75, 3.05) is 31.1 Å². The van der Waals surface area contributed by atoms with Crippen molar-refractivity contribution in [3.8, 4) is 0 Å². The lowest BCUT2D eigenvalue weighted by molar-refractivity contribution is -0.120. The normalized spacial score (nSPS) is 18.7. The van der Waals surface area contributed by atoms with E-state index in [9.17, 15) is 9.90 Å². The molecule has 1 fully saturated rings. The minimum absolute atomic E-state index is 0.125. The summed E-state index contributed by atoms with van der Waals surface area (Å²) in [6, 6.07) is 8.64. The minimum atomic E-state index is 0.125. The van der Waals surface area contributed by atoms with Gasteiger partial charge in [-0.2, -0.15) is 0 Å². The van der Waals surface area contributed by atoms with Crippen LogP contribution in [0.5, 0.6) is 0 Å². The van der Waals surface area contributed by atoms with E-state index in [0.29, 0.717) is 19.1 Å². The maximum absolute atomic E-state index is 12.7. The molecule has 1 amide bonds. The highest BCUT2D eigenvalue weighted by atomic mass is 16.3. The Balaban J connectivity index is 1.66. The highest BCUT2D eigenvalue weighted by molar-refractivity contribution is 5.96. The highest BCUT2D eigenvalue weighted by Crippen LogP contribution is 2.28. The lowest BCUT2D eigenvalue weighted by atomic mass is 9.94. The van der Waals surface area contributed by atoms with Crippen LogP contribution in [0.1, 0.15) is 37.7 Å². The lowest BCUT2D eigenvalue weighted by Gasteiger charge is -2.34. The molecule has 1 N–H and O–H groups in total. The maximum Gasteiger partial charge on any atom is 0.241 e. The SMILES string of the molecule is O=C(CN(CCO)C1CCCCC1)N1CCc2ccccc21. The van der Waals surface area contributed by atoms with E-state index < -0.39 is 0 Å². The number of benzene rings is 1. The lowest BCUT2D eigenvalue weighted by Crippen LogP contribution is -2.46. The predicted octanol–water partition coefficient (Wildman–Crippen LogP) is 2.20. The molecule has 0 atom stereocenters. The first kappa shape index (κ1) is 15.5. The second-order valence-electron chi connectivity index (χ2n) is 6.41. The molecule has 2 aliphatic rings. The number of carbonyl (C=O) groups excluding carboxylic acids is 1. The number of hydrogen-bond acceptors (Lipinski definition) is 3. The predicted molar refractivity (Wildman–Crippen MR) is 88.0 cm³/mol. The average Bonchev–Trinajstić information content (AvgIpc) is 2.99. The molecule has 1 aliphatic heterocycles. The summed E-state index contributed by atoms with van der Waals surface area (Å²) >= 11 is 0. The molecular formula is C18H26N2O2. The molecular weight excluding hydrogens is 276 g/mol. The van der Waals surface area contributed by atoms with Gasteiger partial charge < -0.3 is 10.0 Å². The third-order valence-corrected chi connectivity index (χ3v) is 5.00. The van der Waals surface area contributed by atoms with Gasteiger partial charge >= 0.3 is 0 Å². The van der Waals surface area contributed by atoms with E-state index in [2.05, 4.69) is 11.0 Å². The summed E-state index contributed by atoms with van der Waals surface area (Å²) in [4.78, 5) is 16.9. The summed E-state index contributed by atoms with van der Waals surface area (Å²) in [5.41, 5.74) is 2.34. The van der Waals surface area contributed by atoms with E-state index in [1.807, 2.05) is 23.1 Å². The van der Waals surface area contributed by atoms with Crippen molar-refractivity contribution in [2.45, 2.75) is 44.6 Å². The van der Waals surface area contributed by atoms with E-state index in [4.69, 9.17) is 0 Å². The Bertz CT molecular complexity index is 512. The first-order valence-electron chi connectivity index (χ1n) is 8.53. The average molecular weight is 302 g/mol. The van der Waals surface area contributed by atoms with Crippen molar-refractivity contribution in [1.82, 2.24) is 4.90 Å². The molecule has 4 nitrogen and oxygen atoms in total. The Morgan fingerprint density at radius 2 is 2.00 bits per heavy atom. The monoisotopic (exact) mass is 302 g/mol. The van der Waals surface area contributed by atoms with Crippen LogP contribution in [0, 0.1) is 0 Å². The fourth-order valence-electron chi connectivity index (χ4n) is 3.82. The first-order chi connectivity index (χ1) is 10.8. The Hall–Kier alpha value is -1.39. The fourth-order valence-corrected chi connectivity index (χ4v) is 3.82. The van der Waals surface area contributed by atoms with Crippen LogP contribution < -0.4 is 4.90 Å². The number of aliphatic hydroxyl groups excluding tert-OH is 1. The molecule has 0 bridgehead atoms. The van der Waals surface area contributed by atoms with Gasteiger partial charge in [0, 0.05) is 24.8 Å². The molecule has 4 heteroatoms. The second-order valence-corrected chi connectivity index (χ2v) is 6.41. The molecule has 1 aromatic carbocycles. The molecule has 0 aromatic heterocycles. The van der Waals surface area contributed by atoms with Gasteiger partial charge in [-0.15, -0.1) is 0 Å². The third kappa shape index (κ3) is 3.33. The topological polar surface area (TPSA) is 43.8 Å². The van der Waals surface area contributed by atoms with Crippen molar-refractivity contribution < 1.29 is 9.90 Å². The van der Waals surface area contributed by atoms with Crippen LogP contribution in [-0.2, 0) is 11.2 Å². The number of anilines is 1. The molecule has 1 heterocycles. The Morgan fingerprint density at radius 3 is 2.77 bits per heavy atom. The number of carbonyl (C=O) groups is 1. The van der Waals surface area contributed by atoms with Crippen LogP contribution in [0.2, 0.25) is 0 Å². The summed E-state index contributed by atoms with van der Waals surface area (Å²) in [6.07, 6.45) is 7.05. The number of nitrogens with zero attached hydrogens (tertiary/aromatic N) is 2. The Labute approximate surface area is 132 Å². The molecule has 1 aliphatic carbocycles. The second kappa shape index (κ2) is 7.25. The van der Waals surface area contributed by atoms with Crippen LogP contribution in [0.15, 0.2) is 24.3 Å². The summed E-state index contributed by atoms with van der Waals surface area (Å²) in [7, 11) is 0. The maximum atomic E-state index is 12.7. The molecule has 0 saturated heterocycles. The zero-order chi connectivity index (χ0) is 15.4. The van der Waals surface area contributed by atoms with Crippen molar-refractivity contribution in [1.29, 1.82) is 0 Å². The number of aliphatic hydroxyl groups is 1. The smallest absolute Gasteiger partial charge is 0.241 e. The van der Waals surface area contributed by atoms with E-state index >= 15 is 0 Å². The van der Waals surface area contributed by atoms with Crippen LogP contribution >= 0.6 is 0 Å². The Kier molecular flexibility index (Phi) is 5.11. The van der Waals surface area contributed by atoms with E-state index in [1.165, 1.54) is 24.8 Å². The molecule has 1 aromatic rings. The fraction of sp³-hybridized carbons (Fsp3) is 0.611. The van der Waals surface area contributed by atoms with Crippen LogP contribution in [-0.4, -0.2) is 48.2 Å². The summed E-state index contributed by atoms with van der Waals surface area (Å²) in [5.74, 6) is 0.170. The zero-order valence-corrected chi connectivity index (χ0v) is 13.2. The molecule has 22 heavy (non-hydrogen) atoms. The molecule has 3 rings (SSSR count). The highest BCUT2D eigenvalue weighted by Gasteiger charge is 2.28. The van der Waals surface area contributed by atoms with Gasteiger partial charge in [-0.25, -0.2) is 0 Å². The molecule has 120 valence electrons. The van der Waals surface area contributed by atoms with Gasteiger partial charge in [0.15, 0.2) is 0 Å². The molecule has 0 radical (unpaired) electrons. The largest absolute Gasteiger partial charge is 0.395 e. The summed E-state index contributed by atoms with van der Waals surface area (Å²) < 4.78 is 0. The zero-order valence-electron chi connectivity index (χ0n) is 13.2. The Morgan fingerprint density at radius 1 is 1.23 bits per heavy atom. The quantitative estimate of drug-likeness (QED) is 0.907. The van der Waals surface area contributed by atoms with Gasteiger partial charge in [-0.1, -0.05) is 37.5 Å². The molecule has 0 spiro atoms. The third-order valence-electron chi connectivity index (χ3n) is 5.00. The minimum Gasteiger partial charge on any atom is -0.395 e. The van der Waals surface area contributed by atoms with E-state index in [0.717, 1.165) is 31.5 Å². The standard InChI is InChI=1S/C18H26N2O2/c21-13-12-19(16-7-2-1-3-8-16)14-18(22)20-11-10-15-6-4-5-9-17(15)20/h4-6,9,16,21H,1-3,7-8,10-14H2. The summed E-state index contributed by atoms with van der Waals surface area (Å²) in [5, 5.41) is 9.34. The van der Waals surface area contributed by atoms with Gasteiger partial charge in [0.2, 0.25) is 5.91 Å². The number of fused-ring (bicyclic) bond motifs is 1. The number of para-hydroxylation sites is 1. The van der Waals surface area contributed by atoms with Crippen LogP contribution in [0.4, 0.5) is 5.69 Å².